The van der Waals surface area contributed by atoms with E-state index >= 15 is 0 Å². The summed E-state index contributed by atoms with van der Waals surface area (Å²) in [6, 6.07) is 13.0. The van der Waals surface area contributed by atoms with E-state index in [9.17, 15) is 19.1 Å². The molecule has 0 aliphatic heterocycles. The number of ether oxygens (including phenoxy) is 1. The highest BCUT2D eigenvalue weighted by atomic mass is 19.1. The predicted octanol–water partition coefficient (Wildman–Crippen LogP) is 6.38. The van der Waals surface area contributed by atoms with Gasteiger partial charge in [0.15, 0.2) is 0 Å². The van der Waals surface area contributed by atoms with E-state index in [-0.39, 0.29) is 11.7 Å². The highest BCUT2D eigenvalue weighted by molar-refractivity contribution is 5.89. The second-order valence-electron chi connectivity index (χ2n) is 9.06. The Kier molecular flexibility index (Phi) is 7.20. The molecule has 0 radical (unpaired) electrons. The van der Waals surface area contributed by atoms with Gasteiger partial charge in [-0.05, 0) is 57.2 Å². The van der Waals surface area contributed by atoms with E-state index in [0.29, 0.717) is 34.0 Å². The highest BCUT2D eigenvalue weighted by Gasteiger charge is 2.22. The van der Waals surface area contributed by atoms with Crippen molar-refractivity contribution >= 4 is 23.9 Å². The van der Waals surface area contributed by atoms with E-state index in [1.54, 1.807) is 55.7 Å². The first-order valence-corrected chi connectivity index (χ1v) is 10.8. The van der Waals surface area contributed by atoms with E-state index in [2.05, 4.69) is 5.32 Å². The van der Waals surface area contributed by atoms with Gasteiger partial charge in [0, 0.05) is 35.0 Å². The van der Waals surface area contributed by atoms with Crippen LogP contribution in [-0.2, 0) is 9.53 Å². The average molecular weight is 466 g/mol. The Morgan fingerprint density at radius 2 is 1.79 bits per heavy atom. The van der Waals surface area contributed by atoms with E-state index in [4.69, 9.17) is 9.72 Å². The van der Waals surface area contributed by atoms with Crippen molar-refractivity contribution in [2.45, 2.75) is 46.1 Å². The molecule has 0 spiro atoms. The lowest BCUT2D eigenvalue weighted by atomic mass is 10.0. The average Bonchev–Trinajstić information content (AvgIpc) is 3.11. The first kappa shape index (κ1) is 24.7. The van der Waals surface area contributed by atoms with Crippen molar-refractivity contribution in [3.05, 3.63) is 66.2 Å². The summed E-state index contributed by atoms with van der Waals surface area (Å²) in [6.07, 6.45) is 1.89. The van der Waals surface area contributed by atoms with Gasteiger partial charge < -0.3 is 14.4 Å². The molecule has 1 heterocycles. The van der Waals surface area contributed by atoms with Crippen LogP contribution in [0.1, 0.15) is 46.4 Å². The van der Waals surface area contributed by atoms with Gasteiger partial charge in [-0.2, -0.15) is 0 Å². The van der Waals surface area contributed by atoms with Gasteiger partial charge >= 0.3 is 12.1 Å². The van der Waals surface area contributed by atoms with Crippen LogP contribution in [-0.4, -0.2) is 32.3 Å². The highest BCUT2D eigenvalue weighted by Crippen LogP contribution is 2.36. The van der Waals surface area contributed by atoms with Gasteiger partial charge in [0.05, 0.1) is 11.4 Å². The van der Waals surface area contributed by atoms with E-state index in [1.807, 2.05) is 19.9 Å². The minimum absolute atomic E-state index is 0.0329. The minimum atomic E-state index is -1.10. The lowest BCUT2D eigenvalue weighted by Crippen LogP contribution is -2.27. The Balaban J connectivity index is 2.18. The maximum absolute atomic E-state index is 13.6. The standard InChI is InChI=1S/C26H28FN3O4/c1-16(2)24-29-22(17-9-11-19(27)12-10-17)23(30(24)14-13-21(31)32)18-7-6-8-20(15-18)28-25(33)34-26(3,4)5/h6-16H,1-5H3,(H,28,33)(H,31,32)/b14-13-. The molecule has 0 saturated heterocycles. The molecule has 1 amide bonds. The summed E-state index contributed by atoms with van der Waals surface area (Å²) in [6.45, 7) is 9.23. The number of carboxylic acids is 1. The molecule has 178 valence electrons. The number of carbonyl (C=O) groups is 2. The molecule has 1 aromatic heterocycles. The number of benzene rings is 2. The van der Waals surface area contributed by atoms with Crippen molar-refractivity contribution < 1.29 is 23.8 Å². The number of anilines is 1. The molecule has 0 aliphatic carbocycles. The topological polar surface area (TPSA) is 93.5 Å². The Hall–Kier alpha value is -3.94. The number of aliphatic carboxylic acids is 1. The fourth-order valence-corrected chi connectivity index (χ4v) is 3.40. The smallest absolute Gasteiger partial charge is 0.412 e. The molecule has 0 atom stereocenters. The van der Waals surface area contributed by atoms with Gasteiger partial charge in [0.2, 0.25) is 0 Å². The minimum Gasteiger partial charge on any atom is -0.478 e. The number of amides is 1. The third-order valence-corrected chi connectivity index (χ3v) is 4.72. The molecular weight excluding hydrogens is 437 g/mol. The Labute approximate surface area is 197 Å². The van der Waals surface area contributed by atoms with Crippen LogP contribution in [0.15, 0.2) is 54.6 Å². The van der Waals surface area contributed by atoms with Gasteiger partial charge in [-0.3, -0.25) is 5.32 Å². The van der Waals surface area contributed by atoms with Gasteiger partial charge in [-0.15, -0.1) is 0 Å². The second-order valence-corrected chi connectivity index (χ2v) is 9.06. The fraction of sp³-hybridized carbons (Fsp3) is 0.269. The lowest BCUT2D eigenvalue weighted by molar-refractivity contribution is -0.131. The number of halogens is 1. The van der Waals surface area contributed by atoms with Crippen LogP contribution in [0.5, 0.6) is 0 Å². The molecule has 7 nitrogen and oxygen atoms in total. The lowest BCUT2D eigenvalue weighted by Gasteiger charge is -2.20. The van der Waals surface area contributed by atoms with Crippen LogP contribution in [0.3, 0.4) is 0 Å². The molecular formula is C26H28FN3O4. The summed E-state index contributed by atoms with van der Waals surface area (Å²) in [5.41, 5.74) is 2.38. The summed E-state index contributed by atoms with van der Waals surface area (Å²) in [5.74, 6) is -0.868. The zero-order valence-corrected chi connectivity index (χ0v) is 19.8. The Bertz CT molecular complexity index is 1220. The van der Waals surface area contributed by atoms with Crippen LogP contribution in [0, 0.1) is 5.82 Å². The van der Waals surface area contributed by atoms with Crippen molar-refractivity contribution in [2.75, 3.05) is 5.32 Å². The van der Waals surface area contributed by atoms with Crippen LogP contribution in [0.25, 0.3) is 28.7 Å². The normalized spacial score (nSPS) is 11.7. The molecule has 34 heavy (non-hydrogen) atoms. The maximum Gasteiger partial charge on any atom is 0.412 e. The zero-order valence-electron chi connectivity index (χ0n) is 19.8. The number of hydrogen-bond donors (Lipinski definition) is 2. The van der Waals surface area contributed by atoms with E-state index < -0.39 is 17.7 Å². The molecule has 0 fully saturated rings. The number of aromatic nitrogens is 2. The number of rotatable bonds is 6. The molecule has 2 aromatic carbocycles. The van der Waals surface area contributed by atoms with E-state index in [1.165, 1.54) is 18.3 Å². The largest absolute Gasteiger partial charge is 0.478 e. The zero-order chi connectivity index (χ0) is 25.0. The quantitative estimate of drug-likeness (QED) is 0.412. The SMILES string of the molecule is CC(C)c1nc(-c2ccc(F)cc2)c(-c2cccc(NC(=O)OC(C)(C)C)c2)n1/C=C\C(=O)O. The molecule has 0 bridgehead atoms. The summed E-state index contributed by atoms with van der Waals surface area (Å²) in [5, 5.41) is 12.0. The molecule has 3 rings (SSSR count). The maximum atomic E-state index is 13.6. The van der Waals surface area contributed by atoms with Crippen LogP contribution >= 0.6 is 0 Å². The number of nitrogens with one attached hydrogen (secondary N) is 1. The number of carbonyl (C=O) groups excluding carboxylic acids is 1. The van der Waals surface area contributed by atoms with Crippen molar-refractivity contribution in [3.8, 4) is 22.5 Å². The van der Waals surface area contributed by atoms with Gasteiger partial charge in [0.25, 0.3) is 0 Å². The summed E-state index contributed by atoms with van der Waals surface area (Å²) >= 11 is 0. The Morgan fingerprint density at radius 1 is 1.12 bits per heavy atom. The summed E-state index contributed by atoms with van der Waals surface area (Å²) in [4.78, 5) is 28.3. The van der Waals surface area contributed by atoms with Gasteiger partial charge in [-0.1, -0.05) is 26.0 Å². The molecule has 0 unspecified atom stereocenters. The van der Waals surface area contributed by atoms with Crippen LogP contribution in [0.2, 0.25) is 0 Å². The first-order valence-electron chi connectivity index (χ1n) is 10.8. The van der Waals surface area contributed by atoms with Crippen molar-refractivity contribution in [2.24, 2.45) is 0 Å². The number of hydrogen-bond acceptors (Lipinski definition) is 4. The predicted molar refractivity (Wildman–Crippen MR) is 130 cm³/mol. The van der Waals surface area contributed by atoms with E-state index in [0.717, 1.165) is 6.08 Å². The van der Waals surface area contributed by atoms with Gasteiger partial charge in [0.1, 0.15) is 17.2 Å². The molecule has 0 saturated carbocycles. The monoisotopic (exact) mass is 465 g/mol. The van der Waals surface area contributed by atoms with Gasteiger partial charge in [-0.25, -0.2) is 19.0 Å². The Morgan fingerprint density at radius 3 is 2.38 bits per heavy atom. The van der Waals surface area contributed by atoms with Crippen molar-refractivity contribution in [3.63, 3.8) is 0 Å². The molecule has 8 heteroatoms. The van der Waals surface area contributed by atoms with Crippen LogP contribution < -0.4 is 5.32 Å². The van der Waals surface area contributed by atoms with Crippen molar-refractivity contribution in [1.82, 2.24) is 9.55 Å². The fourth-order valence-electron chi connectivity index (χ4n) is 3.40. The first-order chi connectivity index (χ1) is 15.9. The summed E-state index contributed by atoms with van der Waals surface area (Å²) in [7, 11) is 0. The summed E-state index contributed by atoms with van der Waals surface area (Å²) < 4.78 is 20.6. The number of nitrogens with zero attached hydrogens (tertiary/aromatic N) is 2. The third kappa shape index (κ3) is 6.10. The molecule has 0 aliphatic rings. The number of imidazole rings is 1. The second kappa shape index (κ2) is 9.91. The molecule has 2 N–H and O–H groups in total. The third-order valence-electron chi connectivity index (χ3n) is 4.72. The van der Waals surface area contributed by atoms with Crippen molar-refractivity contribution in [1.29, 1.82) is 0 Å². The number of carboxylic acid groups (broad SMARTS) is 1. The molecule has 3 aromatic rings. The van der Waals surface area contributed by atoms with Crippen LogP contribution in [0.4, 0.5) is 14.9 Å².